The van der Waals surface area contributed by atoms with Crippen LogP contribution >= 0.6 is 0 Å². The van der Waals surface area contributed by atoms with E-state index < -0.39 is 0 Å². The molecule has 5 nitrogen and oxygen atoms in total. The molecule has 1 heterocycles. The van der Waals surface area contributed by atoms with Crippen molar-refractivity contribution in [3.8, 4) is 16.9 Å². The molecule has 0 aliphatic heterocycles. The third-order valence-corrected chi connectivity index (χ3v) is 7.79. The molecule has 0 spiro atoms. The Kier molecular flexibility index (Phi) is 9.59. The number of amides is 1. The predicted molar refractivity (Wildman–Crippen MR) is 161 cm³/mol. The molecule has 4 aromatic rings. The van der Waals surface area contributed by atoms with E-state index in [-0.39, 0.29) is 5.91 Å². The SMILES string of the molecule is COc1ccc(C(=O)N(Cc2ccc(-c3ccc(CNC4CCCCCC4)cc3)cc2)Cc2cccnc2)cc1. The minimum atomic E-state index is -0.0244. The summed E-state index contributed by atoms with van der Waals surface area (Å²) in [5.74, 6) is 0.707. The molecule has 206 valence electrons. The number of methoxy groups -OCH3 is 1. The van der Waals surface area contributed by atoms with Gasteiger partial charge >= 0.3 is 0 Å². The molecule has 0 bridgehead atoms. The van der Waals surface area contributed by atoms with Crippen LogP contribution in [0.5, 0.6) is 5.75 Å². The first-order chi connectivity index (χ1) is 19.7. The lowest BCUT2D eigenvalue weighted by atomic mass is 10.0. The van der Waals surface area contributed by atoms with E-state index in [0.29, 0.717) is 24.7 Å². The number of carbonyl (C=O) groups is 1. The molecular formula is C35H39N3O2. The van der Waals surface area contributed by atoms with E-state index in [1.807, 2.05) is 47.5 Å². The van der Waals surface area contributed by atoms with Gasteiger partial charge in [-0.25, -0.2) is 0 Å². The summed E-state index contributed by atoms with van der Waals surface area (Å²) in [4.78, 5) is 19.6. The predicted octanol–water partition coefficient (Wildman–Crippen LogP) is 7.41. The largest absolute Gasteiger partial charge is 0.497 e. The van der Waals surface area contributed by atoms with E-state index >= 15 is 0 Å². The summed E-state index contributed by atoms with van der Waals surface area (Å²) in [5, 5.41) is 3.76. The van der Waals surface area contributed by atoms with Gasteiger partial charge in [-0.3, -0.25) is 9.78 Å². The van der Waals surface area contributed by atoms with Crippen LogP contribution in [-0.2, 0) is 19.6 Å². The highest BCUT2D eigenvalue weighted by Gasteiger charge is 2.17. The zero-order valence-corrected chi connectivity index (χ0v) is 23.4. The van der Waals surface area contributed by atoms with E-state index in [4.69, 9.17) is 4.74 Å². The second-order valence-corrected chi connectivity index (χ2v) is 10.7. The summed E-state index contributed by atoms with van der Waals surface area (Å²) >= 11 is 0. The van der Waals surface area contributed by atoms with Crippen molar-refractivity contribution in [1.82, 2.24) is 15.2 Å². The van der Waals surface area contributed by atoms with Crippen LogP contribution in [0.1, 0.15) is 65.6 Å². The topological polar surface area (TPSA) is 54.5 Å². The van der Waals surface area contributed by atoms with Gasteiger partial charge in [0.15, 0.2) is 0 Å². The Bertz CT molecular complexity index is 1330. The fourth-order valence-electron chi connectivity index (χ4n) is 5.41. The molecular weight excluding hydrogens is 494 g/mol. The maximum absolute atomic E-state index is 13.5. The third-order valence-electron chi connectivity index (χ3n) is 7.79. The summed E-state index contributed by atoms with van der Waals surface area (Å²) in [6.45, 7) is 1.92. The minimum absolute atomic E-state index is 0.0244. The molecule has 5 rings (SSSR count). The Morgan fingerprint density at radius 1 is 0.800 bits per heavy atom. The molecule has 1 fully saturated rings. The molecule has 1 aliphatic rings. The van der Waals surface area contributed by atoms with Gasteiger partial charge in [0.05, 0.1) is 7.11 Å². The standard InChI is InChI=1S/C35H39N3O2/c1-40-34-20-18-32(19-21-34)35(39)38(26-29-7-6-22-36-23-29)25-28-12-16-31(17-13-28)30-14-10-27(11-15-30)24-37-33-8-4-2-3-5-9-33/h6-7,10-23,33,37H,2-5,8-9,24-26H2,1H3. The van der Waals surface area contributed by atoms with Crippen LogP contribution in [0.2, 0.25) is 0 Å². The number of ether oxygens (including phenoxy) is 1. The van der Waals surface area contributed by atoms with Gasteiger partial charge in [-0.05, 0) is 71.0 Å². The highest BCUT2D eigenvalue weighted by atomic mass is 16.5. The van der Waals surface area contributed by atoms with Crippen molar-refractivity contribution in [1.29, 1.82) is 0 Å². The van der Waals surface area contributed by atoms with Gasteiger partial charge in [0.25, 0.3) is 5.91 Å². The summed E-state index contributed by atoms with van der Waals surface area (Å²) < 4.78 is 5.26. The molecule has 0 radical (unpaired) electrons. The van der Waals surface area contributed by atoms with E-state index in [1.165, 1.54) is 55.2 Å². The van der Waals surface area contributed by atoms with Crippen molar-refractivity contribution in [2.24, 2.45) is 0 Å². The van der Waals surface area contributed by atoms with Crippen LogP contribution in [0.4, 0.5) is 0 Å². The number of aromatic nitrogens is 1. The fraction of sp³-hybridized carbons (Fsp3) is 0.314. The first-order valence-electron chi connectivity index (χ1n) is 14.4. The fourth-order valence-corrected chi connectivity index (χ4v) is 5.41. The van der Waals surface area contributed by atoms with Gasteiger partial charge < -0.3 is 15.0 Å². The number of rotatable bonds is 10. The zero-order chi connectivity index (χ0) is 27.6. The van der Waals surface area contributed by atoms with Crippen LogP contribution in [0.3, 0.4) is 0 Å². The van der Waals surface area contributed by atoms with Crippen LogP contribution in [0.15, 0.2) is 97.3 Å². The van der Waals surface area contributed by atoms with Crippen molar-refractivity contribution < 1.29 is 9.53 Å². The molecule has 0 atom stereocenters. The lowest BCUT2D eigenvalue weighted by molar-refractivity contribution is 0.0730. The van der Waals surface area contributed by atoms with Gasteiger partial charge in [0, 0.05) is 43.6 Å². The highest BCUT2D eigenvalue weighted by Crippen LogP contribution is 2.23. The van der Waals surface area contributed by atoms with Crippen LogP contribution < -0.4 is 10.1 Å². The maximum Gasteiger partial charge on any atom is 0.254 e. The van der Waals surface area contributed by atoms with E-state index in [9.17, 15) is 4.79 Å². The van der Waals surface area contributed by atoms with Gasteiger partial charge in [-0.2, -0.15) is 0 Å². The summed E-state index contributed by atoms with van der Waals surface area (Å²) in [6, 6.07) is 29.3. The number of benzene rings is 3. The van der Waals surface area contributed by atoms with Gasteiger partial charge in [0.2, 0.25) is 0 Å². The number of hydrogen-bond donors (Lipinski definition) is 1. The molecule has 40 heavy (non-hydrogen) atoms. The maximum atomic E-state index is 13.5. The first-order valence-corrected chi connectivity index (χ1v) is 14.4. The number of pyridine rings is 1. The highest BCUT2D eigenvalue weighted by molar-refractivity contribution is 5.94. The molecule has 5 heteroatoms. The average Bonchev–Trinajstić information content (AvgIpc) is 3.30. The van der Waals surface area contributed by atoms with Crippen LogP contribution in [0.25, 0.3) is 11.1 Å². The number of nitrogens with zero attached hydrogens (tertiary/aromatic N) is 2. The van der Waals surface area contributed by atoms with Gasteiger partial charge in [-0.1, -0.05) is 80.3 Å². The van der Waals surface area contributed by atoms with E-state index in [2.05, 4.69) is 58.8 Å². The van der Waals surface area contributed by atoms with Crippen molar-refractivity contribution in [3.63, 3.8) is 0 Å². The molecule has 3 aromatic carbocycles. The summed E-state index contributed by atoms with van der Waals surface area (Å²) in [5.41, 5.74) is 6.41. The van der Waals surface area contributed by atoms with E-state index in [1.54, 1.807) is 13.3 Å². The molecule has 0 unspecified atom stereocenters. The second kappa shape index (κ2) is 13.9. The Morgan fingerprint density at radius 3 is 2.02 bits per heavy atom. The van der Waals surface area contributed by atoms with E-state index in [0.717, 1.165) is 23.4 Å². The lowest BCUT2D eigenvalue weighted by Gasteiger charge is -2.23. The quantitative estimate of drug-likeness (QED) is 0.216. The molecule has 1 aromatic heterocycles. The summed E-state index contributed by atoms with van der Waals surface area (Å²) in [7, 11) is 1.62. The number of carbonyl (C=O) groups excluding carboxylic acids is 1. The average molecular weight is 534 g/mol. The smallest absolute Gasteiger partial charge is 0.254 e. The van der Waals surface area contributed by atoms with Gasteiger partial charge in [-0.15, -0.1) is 0 Å². The third kappa shape index (κ3) is 7.57. The molecule has 0 saturated heterocycles. The van der Waals surface area contributed by atoms with Crippen molar-refractivity contribution in [2.75, 3.05) is 7.11 Å². The molecule has 1 saturated carbocycles. The monoisotopic (exact) mass is 533 g/mol. The van der Waals surface area contributed by atoms with Crippen molar-refractivity contribution >= 4 is 5.91 Å². The second-order valence-electron chi connectivity index (χ2n) is 10.7. The minimum Gasteiger partial charge on any atom is -0.497 e. The summed E-state index contributed by atoms with van der Waals surface area (Å²) in [6.07, 6.45) is 11.6. The Morgan fingerprint density at radius 2 is 1.43 bits per heavy atom. The Balaban J connectivity index is 1.24. The first kappa shape index (κ1) is 27.6. The molecule has 1 aliphatic carbocycles. The number of nitrogens with one attached hydrogen (secondary N) is 1. The van der Waals surface area contributed by atoms with Crippen LogP contribution in [0, 0.1) is 0 Å². The Hall–Kier alpha value is -3.96. The van der Waals surface area contributed by atoms with Gasteiger partial charge in [0.1, 0.15) is 5.75 Å². The lowest BCUT2D eigenvalue weighted by Crippen LogP contribution is -2.30. The zero-order valence-electron chi connectivity index (χ0n) is 23.4. The number of hydrogen-bond acceptors (Lipinski definition) is 4. The normalized spacial score (nSPS) is 13.9. The molecule has 1 amide bonds. The van der Waals surface area contributed by atoms with Crippen LogP contribution in [-0.4, -0.2) is 28.9 Å². The van der Waals surface area contributed by atoms with Crippen molar-refractivity contribution in [3.05, 3.63) is 120 Å². The van der Waals surface area contributed by atoms with Crippen molar-refractivity contribution in [2.45, 2.75) is 64.2 Å². The Labute approximate surface area is 238 Å². The molecule has 1 N–H and O–H groups in total.